The Labute approximate surface area is 153 Å². The van der Waals surface area contributed by atoms with Gasteiger partial charge in [0.1, 0.15) is 11.3 Å². The normalized spacial score (nSPS) is 16.8. The van der Waals surface area contributed by atoms with E-state index in [1.54, 1.807) is 0 Å². The topological polar surface area (TPSA) is 33.5 Å². The van der Waals surface area contributed by atoms with Crippen LogP contribution in [-0.4, -0.2) is 24.3 Å². The minimum atomic E-state index is 0.426. The Morgan fingerprint density at radius 2 is 1.77 bits per heavy atom. The van der Waals surface area contributed by atoms with E-state index in [2.05, 4.69) is 41.3 Å². The van der Waals surface area contributed by atoms with Gasteiger partial charge in [-0.2, -0.15) is 0 Å². The molecule has 3 aromatic rings. The van der Waals surface area contributed by atoms with Crippen molar-refractivity contribution in [2.24, 2.45) is 5.92 Å². The van der Waals surface area contributed by atoms with Gasteiger partial charge in [-0.1, -0.05) is 54.6 Å². The molecule has 0 amide bonds. The minimum Gasteiger partial charge on any atom is -0.456 e. The summed E-state index contributed by atoms with van der Waals surface area (Å²) in [5.74, 6) is 1.10. The van der Waals surface area contributed by atoms with Gasteiger partial charge in [-0.15, -0.1) is 0 Å². The Hall–Kier alpha value is -2.65. The summed E-state index contributed by atoms with van der Waals surface area (Å²) >= 11 is 0. The quantitative estimate of drug-likeness (QED) is 0.486. The van der Waals surface area contributed by atoms with E-state index in [4.69, 9.17) is 4.42 Å². The number of piperidine rings is 1. The Bertz CT molecular complexity index is 869. The van der Waals surface area contributed by atoms with Crippen LogP contribution in [-0.2, 0) is 11.3 Å². The van der Waals surface area contributed by atoms with Gasteiger partial charge in [0.25, 0.3) is 0 Å². The van der Waals surface area contributed by atoms with Gasteiger partial charge in [-0.25, -0.2) is 0 Å². The molecule has 132 valence electrons. The summed E-state index contributed by atoms with van der Waals surface area (Å²) in [6, 6.07) is 20.4. The minimum absolute atomic E-state index is 0.426. The fraction of sp³-hybridized carbons (Fsp3) is 0.261. The van der Waals surface area contributed by atoms with Crippen LogP contribution in [0.15, 0.2) is 71.2 Å². The number of fused-ring (bicyclic) bond motifs is 1. The highest BCUT2D eigenvalue weighted by atomic mass is 16.3. The number of nitrogens with zero attached hydrogens (tertiary/aromatic N) is 1. The molecular weight excluding hydrogens is 322 g/mol. The third-order valence-corrected chi connectivity index (χ3v) is 5.13. The van der Waals surface area contributed by atoms with Crippen LogP contribution in [0.25, 0.3) is 16.5 Å². The molecule has 3 heteroatoms. The van der Waals surface area contributed by atoms with E-state index in [0.717, 1.165) is 49.7 Å². The average molecular weight is 345 g/mol. The number of aldehydes is 1. The van der Waals surface area contributed by atoms with E-state index < -0.39 is 0 Å². The molecule has 1 aliphatic rings. The number of hydrogen-bond donors (Lipinski definition) is 0. The summed E-state index contributed by atoms with van der Waals surface area (Å²) < 4.78 is 5.85. The number of likely N-dealkylation sites (tertiary alicyclic amines) is 1. The van der Waals surface area contributed by atoms with Crippen molar-refractivity contribution in [3.63, 3.8) is 0 Å². The SMILES string of the molecule is O=CC(=CC1CCN(Cc2ccccc2)CC1)c1cc2ccccc2o1. The molecule has 0 radical (unpaired) electrons. The molecule has 1 aliphatic heterocycles. The summed E-state index contributed by atoms with van der Waals surface area (Å²) in [7, 11) is 0. The number of hydrogen-bond acceptors (Lipinski definition) is 3. The van der Waals surface area contributed by atoms with Crippen LogP contribution in [0.1, 0.15) is 24.2 Å². The van der Waals surface area contributed by atoms with Gasteiger partial charge < -0.3 is 4.42 Å². The van der Waals surface area contributed by atoms with Crippen molar-refractivity contribution < 1.29 is 9.21 Å². The smallest absolute Gasteiger partial charge is 0.153 e. The van der Waals surface area contributed by atoms with Crippen molar-refractivity contribution in [3.8, 4) is 0 Å². The van der Waals surface area contributed by atoms with Crippen LogP contribution in [0, 0.1) is 5.92 Å². The molecule has 0 spiro atoms. The van der Waals surface area contributed by atoms with Gasteiger partial charge >= 0.3 is 0 Å². The maximum absolute atomic E-state index is 11.6. The van der Waals surface area contributed by atoms with Crippen LogP contribution in [0.5, 0.6) is 0 Å². The molecule has 0 bridgehead atoms. The zero-order valence-electron chi connectivity index (χ0n) is 14.8. The average Bonchev–Trinajstić information content (AvgIpc) is 3.12. The summed E-state index contributed by atoms with van der Waals surface area (Å²) in [5.41, 5.74) is 2.85. The Morgan fingerprint density at radius 1 is 1.04 bits per heavy atom. The third kappa shape index (κ3) is 3.78. The second-order valence-corrected chi connectivity index (χ2v) is 6.99. The zero-order valence-corrected chi connectivity index (χ0v) is 14.8. The maximum atomic E-state index is 11.6. The van der Waals surface area contributed by atoms with Crippen LogP contribution >= 0.6 is 0 Å². The van der Waals surface area contributed by atoms with Gasteiger partial charge in [0.2, 0.25) is 0 Å². The van der Waals surface area contributed by atoms with Crippen molar-refractivity contribution in [1.82, 2.24) is 4.90 Å². The molecule has 2 aromatic carbocycles. The van der Waals surface area contributed by atoms with Gasteiger partial charge in [0.15, 0.2) is 6.29 Å². The third-order valence-electron chi connectivity index (χ3n) is 5.13. The van der Waals surface area contributed by atoms with Crippen LogP contribution in [0.4, 0.5) is 0 Å². The number of para-hydroxylation sites is 1. The van der Waals surface area contributed by atoms with Gasteiger partial charge in [-0.3, -0.25) is 9.69 Å². The highest BCUT2D eigenvalue weighted by molar-refractivity contribution is 6.07. The van der Waals surface area contributed by atoms with Crippen molar-refractivity contribution in [2.45, 2.75) is 19.4 Å². The summed E-state index contributed by atoms with van der Waals surface area (Å²) in [5, 5.41) is 1.04. The first kappa shape index (κ1) is 16.8. The maximum Gasteiger partial charge on any atom is 0.153 e. The van der Waals surface area contributed by atoms with Crippen molar-refractivity contribution in [1.29, 1.82) is 0 Å². The molecule has 1 aromatic heterocycles. The molecule has 0 aliphatic carbocycles. The number of allylic oxidation sites excluding steroid dienone is 2. The molecule has 0 N–H and O–H groups in total. The van der Waals surface area contributed by atoms with Gasteiger partial charge in [-0.05, 0) is 49.5 Å². The molecular formula is C23H23NO2. The summed E-state index contributed by atoms with van der Waals surface area (Å²) in [4.78, 5) is 14.1. The lowest BCUT2D eigenvalue weighted by Gasteiger charge is -2.30. The number of benzene rings is 2. The lowest BCUT2D eigenvalue weighted by atomic mass is 9.93. The molecule has 26 heavy (non-hydrogen) atoms. The molecule has 1 fully saturated rings. The Kier molecular flexibility index (Phi) is 4.98. The van der Waals surface area contributed by atoms with Gasteiger partial charge in [0, 0.05) is 11.9 Å². The van der Waals surface area contributed by atoms with E-state index in [1.807, 2.05) is 30.3 Å². The molecule has 0 unspecified atom stereocenters. The second-order valence-electron chi connectivity index (χ2n) is 6.99. The van der Waals surface area contributed by atoms with Crippen molar-refractivity contribution in [2.75, 3.05) is 13.1 Å². The number of rotatable bonds is 5. The standard InChI is InChI=1S/C23H23NO2/c25-17-21(23-15-20-8-4-5-9-22(20)26-23)14-18-10-12-24(13-11-18)16-19-6-2-1-3-7-19/h1-9,14-15,17-18H,10-13,16H2. The summed E-state index contributed by atoms with van der Waals surface area (Å²) in [6.07, 6.45) is 5.17. The summed E-state index contributed by atoms with van der Waals surface area (Å²) in [6.45, 7) is 3.12. The molecule has 0 saturated carbocycles. The molecule has 4 rings (SSSR count). The van der Waals surface area contributed by atoms with Crippen LogP contribution in [0.3, 0.4) is 0 Å². The number of carbonyl (C=O) groups is 1. The van der Waals surface area contributed by atoms with Crippen LogP contribution in [0.2, 0.25) is 0 Å². The lowest BCUT2D eigenvalue weighted by Crippen LogP contribution is -2.32. The number of carbonyl (C=O) groups excluding carboxylic acids is 1. The zero-order chi connectivity index (χ0) is 17.8. The first-order valence-electron chi connectivity index (χ1n) is 9.24. The van der Waals surface area contributed by atoms with E-state index in [1.165, 1.54) is 5.56 Å². The first-order valence-corrected chi connectivity index (χ1v) is 9.24. The second kappa shape index (κ2) is 7.71. The van der Waals surface area contributed by atoms with E-state index >= 15 is 0 Å². The molecule has 1 saturated heterocycles. The fourth-order valence-corrected chi connectivity index (χ4v) is 3.68. The van der Waals surface area contributed by atoms with E-state index in [-0.39, 0.29) is 0 Å². The van der Waals surface area contributed by atoms with E-state index in [0.29, 0.717) is 17.3 Å². The molecule has 0 atom stereocenters. The van der Waals surface area contributed by atoms with Crippen LogP contribution < -0.4 is 0 Å². The Morgan fingerprint density at radius 3 is 2.50 bits per heavy atom. The largest absolute Gasteiger partial charge is 0.456 e. The fourth-order valence-electron chi connectivity index (χ4n) is 3.68. The predicted octanol–water partition coefficient (Wildman–Crippen LogP) is 4.93. The molecule has 3 nitrogen and oxygen atoms in total. The highest BCUT2D eigenvalue weighted by Crippen LogP contribution is 2.27. The number of furan rings is 1. The lowest BCUT2D eigenvalue weighted by molar-refractivity contribution is -0.103. The van der Waals surface area contributed by atoms with Crippen molar-refractivity contribution >= 4 is 22.8 Å². The predicted molar refractivity (Wildman–Crippen MR) is 105 cm³/mol. The molecule has 2 heterocycles. The Balaban J connectivity index is 1.42. The van der Waals surface area contributed by atoms with E-state index in [9.17, 15) is 4.79 Å². The van der Waals surface area contributed by atoms with Crippen molar-refractivity contribution in [3.05, 3.63) is 78.1 Å². The highest BCUT2D eigenvalue weighted by Gasteiger charge is 2.19. The monoisotopic (exact) mass is 345 g/mol. The first-order chi connectivity index (χ1) is 12.8. The van der Waals surface area contributed by atoms with Gasteiger partial charge in [0.05, 0.1) is 5.57 Å².